The minimum Gasteiger partial charge on any atom is -0.458 e. The van der Waals surface area contributed by atoms with Crippen LogP contribution in [0.5, 0.6) is 0 Å². The molecule has 0 amide bonds. The first-order chi connectivity index (χ1) is 8.51. The van der Waals surface area contributed by atoms with Gasteiger partial charge in [0.15, 0.2) is 0 Å². The summed E-state index contributed by atoms with van der Waals surface area (Å²) in [5.41, 5.74) is 3.57. The molecule has 0 aromatic heterocycles. The Morgan fingerprint density at radius 3 is 2.94 bits per heavy atom. The van der Waals surface area contributed by atoms with E-state index in [0.717, 1.165) is 19.3 Å². The minimum absolute atomic E-state index is 0.0134. The lowest BCUT2D eigenvalue weighted by Gasteiger charge is -2.24. The highest BCUT2D eigenvalue weighted by molar-refractivity contribution is 5.91. The van der Waals surface area contributed by atoms with Gasteiger partial charge >= 0.3 is 5.97 Å². The van der Waals surface area contributed by atoms with E-state index in [9.17, 15) is 4.79 Å². The molecule has 0 radical (unpaired) electrons. The standard InChI is InChI=1S/C15H18O3/c1-7-4-5-9-8(2)14(16)17-12(9)10-6-15(3)13(18-15)11(7)10/h9-10,12-13H,2,4-6H2,1,3H3. The molecule has 1 saturated carbocycles. The van der Waals surface area contributed by atoms with Gasteiger partial charge in [0.25, 0.3) is 0 Å². The van der Waals surface area contributed by atoms with Crippen molar-refractivity contribution in [1.82, 2.24) is 0 Å². The van der Waals surface area contributed by atoms with Crippen molar-refractivity contribution in [3.05, 3.63) is 23.3 Å². The van der Waals surface area contributed by atoms with Crippen LogP contribution in [-0.2, 0) is 14.3 Å². The lowest BCUT2D eigenvalue weighted by Crippen LogP contribution is -2.27. The Hall–Kier alpha value is -1.09. The number of ether oxygens (including phenoxy) is 2. The van der Waals surface area contributed by atoms with Gasteiger partial charge in [-0.3, -0.25) is 0 Å². The Balaban J connectivity index is 1.77. The quantitative estimate of drug-likeness (QED) is 0.285. The molecule has 96 valence electrons. The van der Waals surface area contributed by atoms with Crippen molar-refractivity contribution in [2.45, 2.75) is 50.9 Å². The first kappa shape index (κ1) is 10.8. The van der Waals surface area contributed by atoms with Crippen molar-refractivity contribution in [2.75, 3.05) is 0 Å². The Bertz CT molecular complexity index is 504. The molecule has 4 aliphatic rings. The lowest BCUT2D eigenvalue weighted by molar-refractivity contribution is -0.141. The second-order valence-corrected chi connectivity index (χ2v) is 6.40. The lowest BCUT2D eigenvalue weighted by atomic mass is 9.85. The maximum Gasteiger partial charge on any atom is 0.334 e. The second kappa shape index (κ2) is 3.08. The number of hydrogen-bond acceptors (Lipinski definition) is 3. The zero-order valence-corrected chi connectivity index (χ0v) is 10.9. The van der Waals surface area contributed by atoms with E-state index in [4.69, 9.17) is 9.47 Å². The monoisotopic (exact) mass is 246 g/mol. The van der Waals surface area contributed by atoms with Gasteiger partial charge in [0, 0.05) is 17.4 Å². The third-order valence-electron chi connectivity index (χ3n) is 5.26. The summed E-state index contributed by atoms with van der Waals surface area (Å²) < 4.78 is 11.4. The molecule has 0 N–H and O–H groups in total. The van der Waals surface area contributed by atoms with E-state index < -0.39 is 0 Å². The Morgan fingerprint density at radius 1 is 1.39 bits per heavy atom. The summed E-state index contributed by atoms with van der Waals surface area (Å²) in [7, 11) is 0. The highest BCUT2D eigenvalue weighted by Crippen LogP contribution is 2.60. The minimum atomic E-state index is -0.185. The van der Waals surface area contributed by atoms with Crippen LogP contribution in [0.2, 0.25) is 0 Å². The van der Waals surface area contributed by atoms with E-state index in [-0.39, 0.29) is 29.7 Å². The molecule has 2 aliphatic heterocycles. The van der Waals surface area contributed by atoms with Gasteiger partial charge in [-0.05, 0) is 38.7 Å². The molecule has 0 aromatic rings. The van der Waals surface area contributed by atoms with Crippen molar-refractivity contribution < 1.29 is 14.3 Å². The fraction of sp³-hybridized carbons (Fsp3) is 0.667. The van der Waals surface area contributed by atoms with E-state index in [0.29, 0.717) is 11.5 Å². The van der Waals surface area contributed by atoms with Crippen molar-refractivity contribution in [3.63, 3.8) is 0 Å². The number of carbonyl (C=O) groups is 1. The van der Waals surface area contributed by atoms with Crippen LogP contribution in [0.25, 0.3) is 0 Å². The highest BCUT2D eigenvalue weighted by atomic mass is 16.6. The number of esters is 1. The maximum absolute atomic E-state index is 11.7. The van der Waals surface area contributed by atoms with E-state index in [1.54, 1.807) is 0 Å². The summed E-state index contributed by atoms with van der Waals surface area (Å²) in [6.45, 7) is 8.31. The van der Waals surface area contributed by atoms with Crippen LogP contribution in [0, 0.1) is 11.8 Å². The highest BCUT2D eigenvalue weighted by Gasteiger charge is 2.66. The normalized spacial score (nSPS) is 49.4. The molecule has 18 heavy (non-hydrogen) atoms. The van der Waals surface area contributed by atoms with E-state index in [1.165, 1.54) is 11.1 Å². The molecule has 2 saturated heterocycles. The van der Waals surface area contributed by atoms with E-state index in [1.807, 2.05) is 0 Å². The number of fused-ring (bicyclic) bond motifs is 5. The largest absolute Gasteiger partial charge is 0.458 e. The fourth-order valence-corrected chi connectivity index (χ4v) is 4.21. The van der Waals surface area contributed by atoms with Gasteiger partial charge in [0.1, 0.15) is 12.2 Å². The Kier molecular flexibility index (Phi) is 1.85. The third kappa shape index (κ3) is 1.16. The smallest absolute Gasteiger partial charge is 0.334 e. The third-order valence-corrected chi connectivity index (χ3v) is 5.26. The molecule has 2 aliphatic carbocycles. The summed E-state index contributed by atoms with van der Waals surface area (Å²) in [5.74, 6) is 0.399. The molecule has 0 aromatic carbocycles. The van der Waals surface area contributed by atoms with Crippen molar-refractivity contribution in [3.8, 4) is 0 Å². The van der Waals surface area contributed by atoms with Crippen molar-refractivity contribution in [2.24, 2.45) is 11.8 Å². The van der Waals surface area contributed by atoms with Gasteiger partial charge in [-0.1, -0.05) is 12.2 Å². The van der Waals surface area contributed by atoms with Gasteiger partial charge in [0.2, 0.25) is 0 Å². The summed E-state index contributed by atoms with van der Waals surface area (Å²) in [5, 5.41) is 0. The number of rotatable bonds is 0. The summed E-state index contributed by atoms with van der Waals surface area (Å²) in [4.78, 5) is 11.7. The number of hydrogen-bond donors (Lipinski definition) is 0. The second-order valence-electron chi connectivity index (χ2n) is 6.40. The number of allylic oxidation sites excluding steroid dienone is 1. The SMILES string of the molecule is C=C1C(=O)OC2C1CCC(C)=C1C2CC2(C)OC12. The average Bonchev–Trinajstić information content (AvgIpc) is 2.80. The van der Waals surface area contributed by atoms with E-state index >= 15 is 0 Å². The summed E-state index contributed by atoms with van der Waals surface area (Å²) in [6, 6.07) is 0. The molecule has 2 heterocycles. The molecule has 3 heteroatoms. The molecule has 5 unspecified atom stereocenters. The average molecular weight is 246 g/mol. The molecule has 3 fully saturated rings. The van der Waals surface area contributed by atoms with Crippen LogP contribution < -0.4 is 0 Å². The molecule has 0 bridgehead atoms. The molecule has 5 atom stereocenters. The van der Waals surface area contributed by atoms with Crippen LogP contribution in [0.1, 0.15) is 33.1 Å². The van der Waals surface area contributed by atoms with Crippen LogP contribution >= 0.6 is 0 Å². The molecule has 4 rings (SSSR count). The van der Waals surface area contributed by atoms with Crippen molar-refractivity contribution >= 4 is 5.97 Å². The summed E-state index contributed by atoms with van der Waals surface area (Å²) >= 11 is 0. The first-order valence-corrected chi connectivity index (χ1v) is 6.78. The van der Waals surface area contributed by atoms with Gasteiger partial charge in [-0.25, -0.2) is 4.79 Å². The Labute approximate surface area is 107 Å². The van der Waals surface area contributed by atoms with Gasteiger partial charge in [0.05, 0.1) is 5.60 Å². The van der Waals surface area contributed by atoms with Gasteiger partial charge in [-0.2, -0.15) is 0 Å². The Morgan fingerprint density at radius 2 is 2.17 bits per heavy atom. The zero-order chi connectivity index (χ0) is 12.7. The topological polar surface area (TPSA) is 38.8 Å². The van der Waals surface area contributed by atoms with E-state index in [2.05, 4.69) is 20.4 Å². The van der Waals surface area contributed by atoms with Crippen LogP contribution in [-0.4, -0.2) is 23.8 Å². The van der Waals surface area contributed by atoms with Crippen LogP contribution in [0.4, 0.5) is 0 Å². The van der Waals surface area contributed by atoms with Crippen molar-refractivity contribution in [1.29, 1.82) is 0 Å². The van der Waals surface area contributed by atoms with Gasteiger partial charge in [-0.15, -0.1) is 0 Å². The zero-order valence-electron chi connectivity index (χ0n) is 10.9. The molecule has 3 nitrogen and oxygen atoms in total. The molecular formula is C15H18O3. The van der Waals surface area contributed by atoms with Crippen LogP contribution in [0.3, 0.4) is 0 Å². The number of epoxide rings is 1. The predicted molar refractivity (Wildman–Crippen MR) is 65.8 cm³/mol. The van der Waals surface area contributed by atoms with Crippen LogP contribution in [0.15, 0.2) is 23.3 Å². The fourth-order valence-electron chi connectivity index (χ4n) is 4.21. The number of carbonyl (C=O) groups excluding carboxylic acids is 1. The molecular weight excluding hydrogens is 228 g/mol. The predicted octanol–water partition coefficient (Wildman–Crippen LogP) is 2.37. The first-order valence-electron chi connectivity index (χ1n) is 6.78. The maximum atomic E-state index is 11.7. The summed E-state index contributed by atoms with van der Waals surface area (Å²) in [6.07, 6.45) is 3.33. The molecule has 0 spiro atoms. The van der Waals surface area contributed by atoms with Gasteiger partial charge < -0.3 is 9.47 Å².